The van der Waals surface area contributed by atoms with Gasteiger partial charge in [0.15, 0.2) is 11.5 Å². The molecule has 2 aromatic rings. The largest absolute Gasteiger partial charge is 0.493 e. The predicted molar refractivity (Wildman–Crippen MR) is 82.0 cm³/mol. The van der Waals surface area contributed by atoms with Crippen molar-refractivity contribution in [1.82, 2.24) is 9.78 Å². The van der Waals surface area contributed by atoms with E-state index in [4.69, 9.17) is 25.8 Å². The molecule has 1 heterocycles. The van der Waals surface area contributed by atoms with Crippen LogP contribution in [-0.2, 0) is 11.3 Å². The lowest BCUT2D eigenvalue weighted by atomic mass is 10.2. The highest BCUT2D eigenvalue weighted by Crippen LogP contribution is 2.39. The van der Waals surface area contributed by atoms with Gasteiger partial charge in [0.05, 0.1) is 32.5 Å². The second-order valence-corrected chi connectivity index (χ2v) is 4.75. The Morgan fingerprint density at radius 1 is 1.23 bits per heavy atom. The van der Waals surface area contributed by atoms with Crippen molar-refractivity contribution < 1.29 is 19.0 Å². The van der Waals surface area contributed by atoms with Gasteiger partial charge < -0.3 is 19.5 Å². The monoisotopic (exact) mass is 325 g/mol. The van der Waals surface area contributed by atoms with E-state index in [1.54, 1.807) is 18.3 Å². The van der Waals surface area contributed by atoms with Gasteiger partial charge in [0, 0.05) is 24.0 Å². The van der Waals surface area contributed by atoms with Crippen LogP contribution in [0.2, 0.25) is 5.02 Å². The summed E-state index contributed by atoms with van der Waals surface area (Å²) >= 11 is 5.75. The molecule has 0 saturated carbocycles. The summed E-state index contributed by atoms with van der Waals surface area (Å²) in [6.45, 7) is 0.0450. The van der Waals surface area contributed by atoms with Gasteiger partial charge in [-0.15, -0.1) is 0 Å². The van der Waals surface area contributed by atoms with E-state index in [2.05, 4.69) is 10.4 Å². The van der Waals surface area contributed by atoms with Gasteiger partial charge in [0.25, 0.3) is 0 Å². The molecule has 0 bridgehead atoms. The molecule has 0 aliphatic rings. The molecule has 22 heavy (non-hydrogen) atoms. The number of carbonyl (C=O) groups is 1. The van der Waals surface area contributed by atoms with E-state index < -0.39 is 0 Å². The van der Waals surface area contributed by atoms with Crippen LogP contribution in [0.4, 0.5) is 5.69 Å². The highest BCUT2D eigenvalue weighted by Gasteiger charge is 2.14. The maximum absolute atomic E-state index is 12.0. The van der Waals surface area contributed by atoms with Gasteiger partial charge in [0.2, 0.25) is 11.7 Å². The van der Waals surface area contributed by atoms with Crippen LogP contribution in [0.5, 0.6) is 17.2 Å². The van der Waals surface area contributed by atoms with Crippen molar-refractivity contribution in [2.75, 3.05) is 26.6 Å². The summed E-state index contributed by atoms with van der Waals surface area (Å²) in [5.41, 5.74) is 0.526. The molecule has 0 radical (unpaired) electrons. The molecule has 0 fully saturated rings. The summed E-state index contributed by atoms with van der Waals surface area (Å²) in [4.78, 5) is 12.0. The van der Waals surface area contributed by atoms with E-state index >= 15 is 0 Å². The number of aromatic nitrogens is 2. The Kier molecular flexibility index (Phi) is 5.11. The highest BCUT2D eigenvalue weighted by atomic mass is 35.5. The lowest BCUT2D eigenvalue weighted by molar-refractivity contribution is -0.116. The Balaban J connectivity index is 2.16. The molecule has 1 aromatic carbocycles. The average molecular weight is 326 g/mol. The minimum Gasteiger partial charge on any atom is -0.493 e. The van der Waals surface area contributed by atoms with Crippen LogP contribution in [0.1, 0.15) is 0 Å². The van der Waals surface area contributed by atoms with E-state index in [0.29, 0.717) is 28.0 Å². The number of carbonyl (C=O) groups excluding carboxylic acids is 1. The zero-order valence-electron chi connectivity index (χ0n) is 12.4. The lowest BCUT2D eigenvalue weighted by Gasteiger charge is -2.14. The number of hydrogen-bond acceptors (Lipinski definition) is 5. The summed E-state index contributed by atoms with van der Waals surface area (Å²) in [7, 11) is 4.53. The molecule has 118 valence electrons. The fourth-order valence-corrected chi connectivity index (χ4v) is 2.08. The van der Waals surface area contributed by atoms with E-state index in [-0.39, 0.29) is 12.5 Å². The fourth-order valence-electron chi connectivity index (χ4n) is 1.93. The molecule has 0 saturated heterocycles. The SMILES string of the molecule is COc1cc(NC(=O)Cn2cc(Cl)cn2)cc(OC)c1OC. The molecule has 2 rings (SSSR count). The van der Waals surface area contributed by atoms with Crippen molar-refractivity contribution in [3.8, 4) is 17.2 Å². The molecule has 8 heteroatoms. The Morgan fingerprint density at radius 2 is 1.86 bits per heavy atom. The molecule has 1 aromatic heterocycles. The van der Waals surface area contributed by atoms with Crippen molar-refractivity contribution in [1.29, 1.82) is 0 Å². The van der Waals surface area contributed by atoms with E-state index in [0.717, 1.165) is 0 Å². The van der Waals surface area contributed by atoms with Crippen molar-refractivity contribution in [3.05, 3.63) is 29.5 Å². The minimum atomic E-state index is -0.256. The average Bonchev–Trinajstić information content (AvgIpc) is 2.90. The predicted octanol–water partition coefficient (Wildman–Crippen LogP) is 2.20. The number of amides is 1. The molecule has 0 atom stereocenters. The Hall–Kier alpha value is -2.41. The molecular formula is C14H16ClN3O4. The van der Waals surface area contributed by atoms with Gasteiger partial charge in [-0.25, -0.2) is 0 Å². The molecule has 0 aliphatic carbocycles. The minimum absolute atomic E-state index is 0.0450. The second kappa shape index (κ2) is 7.04. The van der Waals surface area contributed by atoms with Gasteiger partial charge >= 0.3 is 0 Å². The number of methoxy groups -OCH3 is 3. The Bertz CT molecular complexity index is 647. The zero-order chi connectivity index (χ0) is 16.1. The van der Waals surface area contributed by atoms with Crippen molar-refractivity contribution in [2.24, 2.45) is 0 Å². The first-order valence-electron chi connectivity index (χ1n) is 6.35. The maximum Gasteiger partial charge on any atom is 0.246 e. The molecule has 0 unspecified atom stereocenters. The van der Waals surface area contributed by atoms with Crippen molar-refractivity contribution in [2.45, 2.75) is 6.54 Å². The summed E-state index contributed by atoms with van der Waals surface area (Å²) in [5.74, 6) is 1.12. The standard InChI is InChI=1S/C14H16ClN3O4/c1-20-11-4-10(5-12(21-2)14(11)22-3)17-13(19)8-18-7-9(15)6-16-18/h4-7H,8H2,1-3H3,(H,17,19). The Morgan fingerprint density at radius 3 is 2.32 bits per heavy atom. The molecule has 0 spiro atoms. The van der Waals surface area contributed by atoms with Crippen LogP contribution in [0.25, 0.3) is 0 Å². The second-order valence-electron chi connectivity index (χ2n) is 4.32. The summed E-state index contributed by atoms with van der Waals surface area (Å²) < 4.78 is 17.1. The number of halogens is 1. The summed E-state index contributed by atoms with van der Waals surface area (Å²) in [5, 5.41) is 7.16. The van der Waals surface area contributed by atoms with Gasteiger partial charge in [-0.05, 0) is 0 Å². The van der Waals surface area contributed by atoms with Gasteiger partial charge in [0.1, 0.15) is 6.54 Å². The number of anilines is 1. The third kappa shape index (κ3) is 3.62. The van der Waals surface area contributed by atoms with Crippen LogP contribution < -0.4 is 19.5 Å². The number of benzene rings is 1. The normalized spacial score (nSPS) is 10.2. The number of hydrogen-bond donors (Lipinski definition) is 1. The van der Waals surface area contributed by atoms with Gasteiger partial charge in [-0.3, -0.25) is 9.48 Å². The third-order valence-corrected chi connectivity index (χ3v) is 3.05. The van der Waals surface area contributed by atoms with Crippen LogP contribution in [-0.4, -0.2) is 37.0 Å². The number of nitrogens with zero attached hydrogens (tertiary/aromatic N) is 2. The maximum atomic E-state index is 12.0. The van der Waals surface area contributed by atoms with Crippen molar-refractivity contribution >= 4 is 23.2 Å². The molecular weight excluding hydrogens is 310 g/mol. The van der Waals surface area contributed by atoms with Gasteiger partial charge in [-0.2, -0.15) is 5.10 Å². The first-order chi connectivity index (χ1) is 10.6. The number of nitrogens with one attached hydrogen (secondary N) is 1. The lowest BCUT2D eigenvalue weighted by Crippen LogP contribution is -2.19. The molecule has 7 nitrogen and oxygen atoms in total. The van der Waals surface area contributed by atoms with Crippen LogP contribution >= 0.6 is 11.6 Å². The van der Waals surface area contributed by atoms with E-state index in [1.807, 2.05) is 0 Å². The topological polar surface area (TPSA) is 74.6 Å². The van der Waals surface area contributed by atoms with Crippen LogP contribution in [0, 0.1) is 0 Å². The first kappa shape index (κ1) is 16.0. The summed E-state index contributed by atoms with van der Waals surface area (Å²) in [6, 6.07) is 3.30. The molecule has 1 N–H and O–H groups in total. The first-order valence-corrected chi connectivity index (χ1v) is 6.73. The van der Waals surface area contributed by atoms with Crippen LogP contribution in [0.3, 0.4) is 0 Å². The highest BCUT2D eigenvalue weighted by molar-refractivity contribution is 6.30. The molecule has 1 amide bonds. The van der Waals surface area contributed by atoms with Crippen LogP contribution in [0.15, 0.2) is 24.5 Å². The summed E-state index contributed by atoms with van der Waals surface area (Å²) in [6.07, 6.45) is 3.03. The van der Waals surface area contributed by atoms with E-state index in [1.165, 1.54) is 32.2 Å². The van der Waals surface area contributed by atoms with Crippen molar-refractivity contribution in [3.63, 3.8) is 0 Å². The Labute approximate surface area is 132 Å². The molecule has 0 aliphatic heterocycles. The fraction of sp³-hybridized carbons (Fsp3) is 0.286. The van der Waals surface area contributed by atoms with E-state index in [9.17, 15) is 4.79 Å². The number of ether oxygens (including phenoxy) is 3. The number of rotatable bonds is 6. The zero-order valence-corrected chi connectivity index (χ0v) is 13.2. The quantitative estimate of drug-likeness (QED) is 0.881. The van der Waals surface area contributed by atoms with Gasteiger partial charge in [-0.1, -0.05) is 11.6 Å². The smallest absolute Gasteiger partial charge is 0.246 e. The third-order valence-electron chi connectivity index (χ3n) is 2.86.